The van der Waals surface area contributed by atoms with Gasteiger partial charge in [0.25, 0.3) is 0 Å². The summed E-state index contributed by atoms with van der Waals surface area (Å²) in [4.78, 5) is 12.0. The van der Waals surface area contributed by atoms with Crippen LogP contribution in [0.1, 0.15) is 19.8 Å². The van der Waals surface area contributed by atoms with Gasteiger partial charge in [-0.1, -0.05) is 31.2 Å². The van der Waals surface area contributed by atoms with Crippen molar-refractivity contribution in [1.82, 2.24) is 0 Å². The number of carbonyl (C=O) groups excluding carboxylic acids is 1. The number of Topliss-reactive ketones (excluding diaryl/α,β-unsaturated/α-hetero) is 1. The van der Waals surface area contributed by atoms with E-state index in [0.717, 1.165) is 12.0 Å². The van der Waals surface area contributed by atoms with Gasteiger partial charge in [0.05, 0.1) is 5.75 Å². The predicted molar refractivity (Wildman–Crippen MR) is 66.2 cm³/mol. The molecule has 0 fully saturated rings. The quantitative estimate of drug-likeness (QED) is 0.553. The normalized spacial score (nSPS) is 10.1. The molecule has 1 nitrogen and oxygen atoms in total. The molecule has 0 saturated heterocycles. The molecule has 0 N–H and O–H groups in total. The second kappa shape index (κ2) is 6.48. The lowest BCUT2D eigenvalue weighted by atomic mass is 10.1. The van der Waals surface area contributed by atoms with Crippen LogP contribution >= 0.6 is 11.8 Å². The van der Waals surface area contributed by atoms with E-state index >= 15 is 0 Å². The van der Waals surface area contributed by atoms with Crippen LogP contribution in [0.25, 0.3) is 0 Å². The molecule has 1 aromatic rings. The molecule has 0 unspecified atom stereocenters. The first-order chi connectivity index (χ1) is 7.63. The highest BCUT2D eigenvalue weighted by Gasteiger charge is 2.07. The van der Waals surface area contributed by atoms with Gasteiger partial charge in [-0.25, -0.2) is 4.39 Å². The number of carbonyl (C=O) groups is 1. The first-order valence-corrected chi connectivity index (χ1v) is 6.17. The van der Waals surface area contributed by atoms with Gasteiger partial charge in [-0.3, -0.25) is 4.79 Å². The Balaban J connectivity index is 2.43. The highest BCUT2D eigenvalue weighted by atomic mass is 32.2. The van der Waals surface area contributed by atoms with Crippen LogP contribution in [0.5, 0.6) is 0 Å². The zero-order valence-corrected chi connectivity index (χ0v) is 10.1. The summed E-state index contributed by atoms with van der Waals surface area (Å²) in [6.45, 7) is 5.75. The van der Waals surface area contributed by atoms with E-state index in [0.29, 0.717) is 17.1 Å². The van der Waals surface area contributed by atoms with E-state index in [4.69, 9.17) is 0 Å². The van der Waals surface area contributed by atoms with Crippen molar-refractivity contribution < 1.29 is 9.18 Å². The van der Waals surface area contributed by atoms with Gasteiger partial charge in [0, 0.05) is 11.3 Å². The number of thioether (sulfide) groups is 1. The minimum absolute atomic E-state index is 0.0973. The average Bonchev–Trinajstić information content (AvgIpc) is 2.28. The lowest BCUT2D eigenvalue weighted by Crippen LogP contribution is -2.02. The van der Waals surface area contributed by atoms with Crippen molar-refractivity contribution in [3.05, 3.63) is 42.2 Å². The maximum atomic E-state index is 13.2. The summed E-state index contributed by atoms with van der Waals surface area (Å²) >= 11 is 1.24. The van der Waals surface area contributed by atoms with Gasteiger partial charge in [-0.2, -0.15) is 0 Å². The highest BCUT2D eigenvalue weighted by Crippen LogP contribution is 2.21. The Morgan fingerprint density at radius 3 is 2.75 bits per heavy atom. The summed E-state index contributed by atoms with van der Waals surface area (Å²) in [5.41, 5.74) is 0.930. The Kier molecular flexibility index (Phi) is 5.26. The molecule has 86 valence electrons. The van der Waals surface area contributed by atoms with E-state index in [-0.39, 0.29) is 11.6 Å². The average molecular weight is 238 g/mol. The number of rotatable bonds is 6. The number of ketones is 1. The Morgan fingerprint density at radius 2 is 2.12 bits per heavy atom. The molecular weight excluding hydrogens is 223 g/mol. The smallest absolute Gasteiger partial charge is 0.147 e. The first-order valence-electron chi connectivity index (χ1n) is 5.19. The molecule has 1 aromatic carbocycles. The maximum Gasteiger partial charge on any atom is 0.147 e. The van der Waals surface area contributed by atoms with Gasteiger partial charge in [0.2, 0.25) is 0 Å². The van der Waals surface area contributed by atoms with Gasteiger partial charge in [0.15, 0.2) is 0 Å². The van der Waals surface area contributed by atoms with E-state index in [9.17, 15) is 9.18 Å². The summed E-state index contributed by atoms with van der Waals surface area (Å²) in [5.74, 6) is 0.134. The SMILES string of the molecule is C=C(CC)CC(=O)CSc1ccccc1F. The number of benzene rings is 1. The van der Waals surface area contributed by atoms with E-state index in [1.807, 2.05) is 6.92 Å². The monoisotopic (exact) mass is 238 g/mol. The second-order valence-electron chi connectivity index (χ2n) is 3.54. The molecule has 0 atom stereocenters. The van der Waals surface area contributed by atoms with Crippen molar-refractivity contribution in [3.8, 4) is 0 Å². The van der Waals surface area contributed by atoms with Gasteiger partial charge in [0.1, 0.15) is 11.6 Å². The van der Waals surface area contributed by atoms with Gasteiger partial charge in [-0.05, 0) is 18.6 Å². The van der Waals surface area contributed by atoms with Crippen LogP contribution in [-0.4, -0.2) is 11.5 Å². The van der Waals surface area contributed by atoms with Crippen LogP contribution in [0, 0.1) is 5.82 Å². The molecule has 0 spiro atoms. The Bertz CT molecular complexity index is 387. The standard InChI is InChI=1S/C13H15FOS/c1-3-10(2)8-11(15)9-16-13-7-5-4-6-12(13)14/h4-7H,2-3,8-9H2,1H3. The second-order valence-corrected chi connectivity index (χ2v) is 4.56. The van der Waals surface area contributed by atoms with Crippen LogP contribution in [0.3, 0.4) is 0 Å². The molecule has 0 amide bonds. The third-order valence-corrected chi connectivity index (χ3v) is 3.28. The molecule has 3 heteroatoms. The molecule has 0 aliphatic rings. The number of hydrogen-bond acceptors (Lipinski definition) is 2. The highest BCUT2D eigenvalue weighted by molar-refractivity contribution is 8.00. The Morgan fingerprint density at radius 1 is 1.44 bits per heavy atom. The number of halogens is 1. The molecule has 1 rings (SSSR count). The van der Waals surface area contributed by atoms with Crippen LogP contribution in [0.2, 0.25) is 0 Å². The molecule has 0 aliphatic carbocycles. The number of hydrogen-bond donors (Lipinski definition) is 0. The fourth-order valence-electron chi connectivity index (χ4n) is 1.17. The minimum Gasteiger partial charge on any atom is -0.298 e. The molecule has 16 heavy (non-hydrogen) atoms. The van der Waals surface area contributed by atoms with Crippen molar-refractivity contribution in [1.29, 1.82) is 0 Å². The van der Waals surface area contributed by atoms with Crippen molar-refractivity contribution in [2.75, 3.05) is 5.75 Å². The van der Waals surface area contributed by atoms with Crippen molar-refractivity contribution in [3.63, 3.8) is 0 Å². The largest absolute Gasteiger partial charge is 0.298 e. The molecule has 0 aromatic heterocycles. The molecule has 0 radical (unpaired) electrons. The summed E-state index contributed by atoms with van der Waals surface area (Å²) in [7, 11) is 0. The van der Waals surface area contributed by atoms with Crippen LogP contribution in [0.4, 0.5) is 4.39 Å². The molecular formula is C13H15FOS. The van der Waals surface area contributed by atoms with E-state index in [2.05, 4.69) is 6.58 Å². The zero-order valence-electron chi connectivity index (χ0n) is 9.33. The van der Waals surface area contributed by atoms with Gasteiger partial charge < -0.3 is 0 Å². The maximum absolute atomic E-state index is 13.2. The Labute approximate surface area is 99.7 Å². The topological polar surface area (TPSA) is 17.1 Å². The third-order valence-electron chi connectivity index (χ3n) is 2.17. The summed E-state index contributed by atoms with van der Waals surface area (Å²) < 4.78 is 13.2. The fraction of sp³-hybridized carbons (Fsp3) is 0.308. The minimum atomic E-state index is -0.269. The molecule has 0 aliphatic heterocycles. The third kappa shape index (κ3) is 4.19. The Hall–Kier alpha value is -1.09. The fourth-order valence-corrected chi connectivity index (χ4v) is 1.97. The van der Waals surface area contributed by atoms with E-state index < -0.39 is 0 Å². The van der Waals surface area contributed by atoms with Crippen molar-refractivity contribution in [2.45, 2.75) is 24.7 Å². The first kappa shape index (κ1) is 13.0. The van der Waals surface area contributed by atoms with E-state index in [1.54, 1.807) is 18.2 Å². The van der Waals surface area contributed by atoms with E-state index in [1.165, 1.54) is 17.8 Å². The van der Waals surface area contributed by atoms with Crippen LogP contribution in [0.15, 0.2) is 41.3 Å². The summed E-state index contributed by atoms with van der Waals surface area (Å²) in [6.07, 6.45) is 1.22. The lowest BCUT2D eigenvalue weighted by Gasteiger charge is -2.03. The zero-order chi connectivity index (χ0) is 12.0. The molecule has 0 bridgehead atoms. The lowest BCUT2D eigenvalue weighted by molar-refractivity contribution is -0.116. The van der Waals surface area contributed by atoms with Gasteiger partial charge >= 0.3 is 0 Å². The molecule has 0 saturated carbocycles. The summed E-state index contributed by atoms with van der Waals surface area (Å²) in [6, 6.07) is 6.49. The van der Waals surface area contributed by atoms with Crippen molar-refractivity contribution in [2.24, 2.45) is 0 Å². The van der Waals surface area contributed by atoms with Crippen molar-refractivity contribution >= 4 is 17.5 Å². The van der Waals surface area contributed by atoms with Crippen LogP contribution < -0.4 is 0 Å². The van der Waals surface area contributed by atoms with Gasteiger partial charge in [-0.15, -0.1) is 11.8 Å². The molecule has 0 heterocycles. The summed E-state index contributed by atoms with van der Waals surface area (Å²) in [5, 5.41) is 0. The number of allylic oxidation sites excluding steroid dienone is 1. The predicted octanol–water partition coefficient (Wildman–Crippen LogP) is 3.84. The van der Waals surface area contributed by atoms with Crippen LogP contribution in [-0.2, 0) is 4.79 Å².